The Morgan fingerprint density at radius 1 is 1.73 bits per heavy atom. The molecule has 1 aliphatic heterocycles. The van der Waals surface area contributed by atoms with Crippen LogP contribution in [0.4, 0.5) is 0 Å². The molecular formula is C7H16N4. The number of nitrogens with zero attached hydrogens (tertiary/aromatic N) is 2. The molecule has 1 fully saturated rings. The van der Waals surface area contributed by atoms with Crippen LogP contribution in [0.5, 0.6) is 0 Å². The quantitative estimate of drug-likeness (QED) is 0.402. The number of aliphatic imine (C=N–C) groups is 1. The van der Waals surface area contributed by atoms with E-state index in [2.05, 4.69) is 22.3 Å². The molecule has 0 atom stereocenters. The minimum Gasteiger partial charge on any atom is -0.370 e. The van der Waals surface area contributed by atoms with Crippen LogP contribution in [-0.4, -0.2) is 44.6 Å². The molecule has 0 saturated carbocycles. The van der Waals surface area contributed by atoms with Crippen molar-refractivity contribution in [1.82, 2.24) is 10.2 Å². The van der Waals surface area contributed by atoms with Crippen molar-refractivity contribution >= 4 is 5.96 Å². The lowest BCUT2D eigenvalue weighted by molar-refractivity contribution is 0.137. The molecule has 1 saturated heterocycles. The largest absolute Gasteiger partial charge is 0.370 e. The predicted molar refractivity (Wildman–Crippen MR) is 46.5 cm³/mol. The third-order valence-electron chi connectivity index (χ3n) is 1.95. The summed E-state index contributed by atoms with van der Waals surface area (Å²) in [6.07, 6.45) is 0. The zero-order valence-corrected chi connectivity index (χ0v) is 7.17. The molecule has 0 aromatic carbocycles. The van der Waals surface area contributed by atoms with Gasteiger partial charge in [-0.25, -0.2) is 0 Å². The number of rotatable bonds is 2. The lowest BCUT2D eigenvalue weighted by Crippen LogP contribution is -2.50. The SMILES string of the molecule is CN=C(N)NCC1CN(C)C1. The van der Waals surface area contributed by atoms with E-state index in [1.165, 1.54) is 13.1 Å². The normalized spacial score (nSPS) is 21.5. The molecule has 0 spiro atoms. The second-order valence-corrected chi connectivity index (χ2v) is 3.08. The molecule has 11 heavy (non-hydrogen) atoms. The zero-order valence-electron chi connectivity index (χ0n) is 7.17. The first-order chi connectivity index (χ1) is 5.22. The van der Waals surface area contributed by atoms with Crippen molar-refractivity contribution in [3.05, 3.63) is 0 Å². The van der Waals surface area contributed by atoms with Gasteiger partial charge in [0.1, 0.15) is 0 Å². The Hall–Kier alpha value is -0.770. The molecule has 0 aromatic heterocycles. The Labute approximate surface area is 67.5 Å². The first-order valence-corrected chi connectivity index (χ1v) is 3.87. The Morgan fingerprint density at radius 3 is 2.82 bits per heavy atom. The van der Waals surface area contributed by atoms with E-state index < -0.39 is 0 Å². The first-order valence-electron chi connectivity index (χ1n) is 3.87. The van der Waals surface area contributed by atoms with Crippen LogP contribution in [0.2, 0.25) is 0 Å². The fourth-order valence-corrected chi connectivity index (χ4v) is 1.29. The standard InChI is InChI=1S/C7H16N4/c1-9-7(8)10-3-6-4-11(2)5-6/h6H,3-5H2,1-2H3,(H3,8,9,10). The summed E-state index contributed by atoms with van der Waals surface area (Å²) in [5.74, 6) is 1.29. The Kier molecular flexibility index (Phi) is 2.70. The number of hydrogen-bond acceptors (Lipinski definition) is 2. The molecule has 0 amide bonds. The Bertz CT molecular complexity index is 149. The average Bonchev–Trinajstić information content (AvgIpc) is 1.95. The van der Waals surface area contributed by atoms with Crippen LogP contribution in [-0.2, 0) is 0 Å². The van der Waals surface area contributed by atoms with Crippen LogP contribution in [0.1, 0.15) is 0 Å². The van der Waals surface area contributed by atoms with Gasteiger partial charge in [-0.15, -0.1) is 0 Å². The van der Waals surface area contributed by atoms with Crippen molar-refractivity contribution in [2.75, 3.05) is 33.7 Å². The molecule has 64 valence electrons. The van der Waals surface area contributed by atoms with Crippen LogP contribution in [0, 0.1) is 5.92 Å². The lowest BCUT2D eigenvalue weighted by atomic mass is 10.0. The minimum absolute atomic E-state index is 0.541. The van der Waals surface area contributed by atoms with E-state index in [1.807, 2.05) is 0 Å². The van der Waals surface area contributed by atoms with Crippen molar-refractivity contribution in [1.29, 1.82) is 0 Å². The van der Waals surface area contributed by atoms with Gasteiger partial charge in [0, 0.05) is 32.6 Å². The van der Waals surface area contributed by atoms with Gasteiger partial charge in [0.15, 0.2) is 5.96 Å². The smallest absolute Gasteiger partial charge is 0.188 e. The van der Waals surface area contributed by atoms with E-state index in [9.17, 15) is 0 Å². The van der Waals surface area contributed by atoms with E-state index in [-0.39, 0.29) is 0 Å². The van der Waals surface area contributed by atoms with Crippen molar-refractivity contribution < 1.29 is 0 Å². The number of hydrogen-bond donors (Lipinski definition) is 2. The fourth-order valence-electron chi connectivity index (χ4n) is 1.29. The average molecular weight is 156 g/mol. The second kappa shape index (κ2) is 3.57. The van der Waals surface area contributed by atoms with Gasteiger partial charge in [0.25, 0.3) is 0 Å². The second-order valence-electron chi connectivity index (χ2n) is 3.08. The molecule has 0 aliphatic carbocycles. The minimum atomic E-state index is 0.541. The van der Waals surface area contributed by atoms with Gasteiger partial charge in [-0.2, -0.15) is 0 Å². The van der Waals surface area contributed by atoms with Gasteiger partial charge in [-0.1, -0.05) is 0 Å². The molecule has 3 N–H and O–H groups in total. The van der Waals surface area contributed by atoms with E-state index in [4.69, 9.17) is 5.73 Å². The third-order valence-corrected chi connectivity index (χ3v) is 1.95. The summed E-state index contributed by atoms with van der Waals surface area (Å²) in [6.45, 7) is 3.29. The number of nitrogens with two attached hydrogens (primary N) is 1. The molecule has 0 bridgehead atoms. The number of nitrogens with one attached hydrogen (secondary N) is 1. The van der Waals surface area contributed by atoms with Crippen LogP contribution < -0.4 is 11.1 Å². The Morgan fingerprint density at radius 2 is 2.36 bits per heavy atom. The van der Waals surface area contributed by atoms with Crippen LogP contribution >= 0.6 is 0 Å². The summed E-state index contributed by atoms with van der Waals surface area (Å²) in [7, 11) is 3.81. The fraction of sp³-hybridized carbons (Fsp3) is 0.857. The summed E-state index contributed by atoms with van der Waals surface area (Å²) in [5, 5.41) is 3.06. The topological polar surface area (TPSA) is 53.6 Å². The molecule has 0 unspecified atom stereocenters. The van der Waals surface area contributed by atoms with Crippen LogP contribution in [0.15, 0.2) is 4.99 Å². The van der Waals surface area contributed by atoms with Crippen molar-refractivity contribution in [3.63, 3.8) is 0 Å². The van der Waals surface area contributed by atoms with Gasteiger partial charge in [-0.3, -0.25) is 4.99 Å². The van der Waals surface area contributed by atoms with E-state index in [1.54, 1.807) is 7.05 Å². The van der Waals surface area contributed by atoms with Gasteiger partial charge in [0.2, 0.25) is 0 Å². The summed E-state index contributed by atoms with van der Waals surface area (Å²) in [4.78, 5) is 6.09. The summed E-state index contributed by atoms with van der Waals surface area (Å²) in [6, 6.07) is 0. The van der Waals surface area contributed by atoms with Crippen LogP contribution in [0.25, 0.3) is 0 Å². The van der Waals surface area contributed by atoms with Crippen LogP contribution in [0.3, 0.4) is 0 Å². The van der Waals surface area contributed by atoms with Crippen molar-refractivity contribution in [2.24, 2.45) is 16.6 Å². The first kappa shape index (κ1) is 8.33. The molecule has 1 aliphatic rings. The van der Waals surface area contributed by atoms with Gasteiger partial charge >= 0.3 is 0 Å². The molecule has 1 rings (SSSR count). The predicted octanol–water partition coefficient (Wildman–Crippen LogP) is -0.918. The molecule has 0 aromatic rings. The maximum absolute atomic E-state index is 5.46. The maximum Gasteiger partial charge on any atom is 0.188 e. The number of likely N-dealkylation sites (tertiary alicyclic amines) is 1. The monoisotopic (exact) mass is 156 g/mol. The molecule has 4 nitrogen and oxygen atoms in total. The van der Waals surface area contributed by atoms with Gasteiger partial charge in [0.05, 0.1) is 0 Å². The summed E-state index contributed by atoms with van der Waals surface area (Å²) in [5.41, 5.74) is 5.46. The lowest BCUT2D eigenvalue weighted by Gasteiger charge is -2.36. The molecule has 4 heteroatoms. The highest BCUT2D eigenvalue weighted by Gasteiger charge is 2.22. The highest BCUT2D eigenvalue weighted by Crippen LogP contribution is 2.10. The highest BCUT2D eigenvalue weighted by molar-refractivity contribution is 5.77. The van der Waals surface area contributed by atoms with E-state index >= 15 is 0 Å². The van der Waals surface area contributed by atoms with Crippen molar-refractivity contribution in [3.8, 4) is 0 Å². The molecule has 1 heterocycles. The number of guanidine groups is 1. The highest BCUT2D eigenvalue weighted by atomic mass is 15.2. The Balaban J connectivity index is 2.05. The van der Waals surface area contributed by atoms with E-state index in [0.29, 0.717) is 5.96 Å². The molecular weight excluding hydrogens is 140 g/mol. The molecule has 0 radical (unpaired) electrons. The summed E-state index contributed by atoms with van der Waals surface area (Å²) >= 11 is 0. The summed E-state index contributed by atoms with van der Waals surface area (Å²) < 4.78 is 0. The van der Waals surface area contributed by atoms with Gasteiger partial charge in [-0.05, 0) is 7.05 Å². The maximum atomic E-state index is 5.46. The van der Waals surface area contributed by atoms with Crippen molar-refractivity contribution in [2.45, 2.75) is 0 Å². The van der Waals surface area contributed by atoms with E-state index in [0.717, 1.165) is 12.5 Å². The van der Waals surface area contributed by atoms with Gasteiger partial charge < -0.3 is 16.0 Å². The zero-order chi connectivity index (χ0) is 8.27. The third kappa shape index (κ3) is 2.38.